The van der Waals surface area contributed by atoms with E-state index in [1.165, 1.54) is 0 Å². The number of fused-ring (bicyclic) bond motifs is 1. The Kier molecular flexibility index (Phi) is 4.14. The van der Waals surface area contributed by atoms with Crippen molar-refractivity contribution in [2.24, 2.45) is 4.99 Å². The molecule has 0 radical (unpaired) electrons. The van der Waals surface area contributed by atoms with Crippen LogP contribution < -0.4 is 11.1 Å². The first-order chi connectivity index (χ1) is 14.3. The van der Waals surface area contributed by atoms with Crippen molar-refractivity contribution < 1.29 is 0 Å². The van der Waals surface area contributed by atoms with E-state index in [0.29, 0.717) is 5.69 Å². The van der Waals surface area contributed by atoms with E-state index in [2.05, 4.69) is 47.8 Å². The molecule has 1 aliphatic rings. The number of para-hydroxylation sites is 2. The van der Waals surface area contributed by atoms with Gasteiger partial charge in [0.05, 0.1) is 5.71 Å². The number of nitrogens with zero attached hydrogens (tertiary/aromatic N) is 1. The monoisotopic (exact) mass is 375 g/mol. The van der Waals surface area contributed by atoms with Crippen LogP contribution in [0.4, 0.5) is 11.4 Å². The first-order valence-electron chi connectivity index (χ1n) is 9.71. The number of rotatable bonds is 3. The van der Waals surface area contributed by atoms with Gasteiger partial charge in [-0.3, -0.25) is 0 Å². The number of hydrogen-bond acceptors (Lipinski definition) is 3. The van der Waals surface area contributed by atoms with Crippen LogP contribution in [0, 0.1) is 0 Å². The molecule has 1 heterocycles. The number of hydrogen-bond donors (Lipinski definition) is 2. The van der Waals surface area contributed by atoms with Crippen LogP contribution in [0.5, 0.6) is 0 Å². The molecule has 0 saturated heterocycles. The molecule has 0 bridgehead atoms. The molecule has 1 atom stereocenters. The molecule has 140 valence electrons. The molecule has 0 aromatic heterocycles. The minimum Gasteiger partial charge on any atom is -0.398 e. The molecule has 3 heteroatoms. The van der Waals surface area contributed by atoms with Gasteiger partial charge in [-0.15, -0.1) is 0 Å². The summed E-state index contributed by atoms with van der Waals surface area (Å²) in [5.74, 6) is 0. The third-order valence-electron chi connectivity index (χ3n) is 5.37. The molecular formula is C26H21N3. The Labute approximate surface area is 170 Å². The Morgan fingerprint density at radius 2 is 1.28 bits per heavy atom. The van der Waals surface area contributed by atoms with Gasteiger partial charge in [0.2, 0.25) is 0 Å². The summed E-state index contributed by atoms with van der Waals surface area (Å²) in [6.07, 6.45) is 0. The zero-order valence-electron chi connectivity index (χ0n) is 15.9. The van der Waals surface area contributed by atoms with Crippen LogP contribution in [0.25, 0.3) is 0 Å². The van der Waals surface area contributed by atoms with Crippen molar-refractivity contribution in [3.8, 4) is 0 Å². The van der Waals surface area contributed by atoms with E-state index >= 15 is 0 Å². The summed E-state index contributed by atoms with van der Waals surface area (Å²) < 4.78 is 0. The van der Waals surface area contributed by atoms with Gasteiger partial charge in [-0.1, -0.05) is 97.1 Å². The predicted molar refractivity (Wildman–Crippen MR) is 120 cm³/mol. The summed E-state index contributed by atoms with van der Waals surface area (Å²) in [4.78, 5) is 5.35. The van der Waals surface area contributed by atoms with E-state index in [1.807, 2.05) is 66.7 Å². The fraction of sp³-hybridized carbons (Fsp3) is 0.0385. The normalized spacial score (nSPS) is 17.7. The molecule has 1 aliphatic heterocycles. The zero-order valence-corrected chi connectivity index (χ0v) is 15.9. The number of nitrogens with one attached hydrogen (secondary N) is 1. The van der Waals surface area contributed by atoms with Gasteiger partial charge in [0, 0.05) is 33.6 Å². The maximum Gasteiger partial charge on any atom is 0.184 e. The second kappa shape index (κ2) is 6.95. The summed E-state index contributed by atoms with van der Waals surface area (Å²) >= 11 is 0. The molecule has 0 spiro atoms. The van der Waals surface area contributed by atoms with Crippen molar-refractivity contribution in [2.75, 3.05) is 11.1 Å². The van der Waals surface area contributed by atoms with E-state index in [9.17, 15) is 0 Å². The molecule has 0 aliphatic carbocycles. The van der Waals surface area contributed by atoms with E-state index < -0.39 is 5.66 Å². The minimum atomic E-state index is -0.813. The summed E-state index contributed by atoms with van der Waals surface area (Å²) in [7, 11) is 0. The first kappa shape index (κ1) is 17.3. The highest BCUT2D eigenvalue weighted by molar-refractivity contribution is 6.17. The molecule has 0 fully saturated rings. The van der Waals surface area contributed by atoms with Crippen LogP contribution >= 0.6 is 0 Å². The minimum absolute atomic E-state index is 0.708. The highest BCUT2D eigenvalue weighted by Crippen LogP contribution is 2.42. The lowest BCUT2D eigenvalue weighted by Crippen LogP contribution is -2.40. The molecule has 4 aromatic rings. The van der Waals surface area contributed by atoms with Gasteiger partial charge >= 0.3 is 0 Å². The lowest BCUT2D eigenvalue weighted by molar-refractivity contribution is 0.622. The highest BCUT2D eigenvalue weighted by atomic mass is 15.2. The molecule has 1 unspecified atom stereocenters. The molecular weight excluding hydrogens is 354 g/mol. The quantitative estimate of drug-likeness (QED) is 0.469. The van der Waals surface area contributed by atoms with Crippen molar-refractivity contribution in [1.82, 2.24) is 0 Å². The topological polar surface area (TPSA) is 50.4 Å². The summed E-state index contributed by atoms with van der Waals surface area (Å²) in [6, 6.07) is 36.9. The van der Waals surface area contributed by atoms with Crippen molar-refractivity contribution in [3.63, 3.8) is 0 Å². The summed E-state index contributed by atoms with van der Waals surface area (Å²) in [5, 5.41) is 3.72. The van der Waals surface area contributed by atoms with Crippen LogP contribution in [-0.2, 0) is 5.66 Å². The van der Waals surface area contributed by atoms with Gasteiger partial charge in [-0.05, 0) is 12.1 Å². The average Bonchev–Trinajstić information content (AvgIpc) is 2.80. The van der Waals surface area contributed by atoms with Crippen molar-refractivity contribution >= 4 is 17.1 Å². The molecule has 29 heavy (non-hydrogen) atoms. The van der Waals surface area contributed by atoms with Crippen LogP contribution in [0.15, 0.2) is 114 Å². The highest BCUT2D eigenvalue weighted by Gasteiger charge is 2.39. The van der Waals surface area contributed by atoms with Crippen LogP contribution in [-0.4, -0.2) is 5.71 Å². The first-order valence-corrected chi connectivity index (χ1v) is 9.71. The average molecular weight is 375 g/mol. The van der Waals surface area contributed by atoms with Gasteiger partial charge < -0.3 is 11.1 Å². The van der Waals surface area contributed by atoms with Gasteiger partial charge in [0.1, 0.15) is 0 Å². The fourth-order valence-corrected chi connectivity index (χ4v) is 3.99. The van der Waals surface area contributed by atoms with E-state index in [0.717, 1.165) is 33.7 Å². The Balaban J connectivity index is 1.85. The molecule has 0 amide bonds. The molecule has 4 aromatic carbocycles. The van der Waals surface area contributed by atoms with Gasteiger partial charge in [-0.2, -0.15) is 0 Å². The van der Waals surface area contributed by atoms with E-state index in [4.69, 9.17) is 10.7 Å². The number of benzene rings is 4. The zero-order chi connectivity index (χ0) is 19.7. The van der Waals surface area contributed by atoms with Crippen molar-refractivity contribution in [1.29, 1.82) is 0 Å². The third-order valence-corrected chi connectivity index (χ3v) is 5.37. The second-order valence-corrected chi connectivity index (χ2v) is 7.16. The number of anilines is 2. The lowest BCUT2D eigenvalue weighted by atomic mass is 9.86. The summed E-state index contributed by atoms with van der Waals surface area (Å²) in [6.45, 7) is 0. The van der Waals surface area contributed by atoms with Crippen LogP contribution in [0.3, 0.4) is 0 Å². The molecule has 5 rings (SSSR count). The Morgan fingerprint density at radius 1 is 0.655 bits per heavy atom. The Bertz CT molecular complexity index is 1180. The Morgan fingerprint density at radius 3 is 2.03 bits per heavy atom. The maximum absolute atomic E-state index is 6.47. The third kappa shape index (κ3) is 2.88. The van der Waals surface area contributed by atoms with Crippen molar-refractivity contribution in [2.45, 2.75) is 5.66 Å². The van der Waals surface area contributed by atoms with Gasteiger partial charge in [-0.25, -0.2) is 4.99 Å². The number of nitrogen functional groups attached to an aromatic ring is 1. The van der Waals surface area contributed by atoms with Crippen LogP contribution in [0.2, 0.25) is 0 Å². The molecule has 3 nitrogen and oxygen atoms in total. The summed E-state index contributed by atoms with van der Waals surface area (Å²) in [5.41, 5.74) is 12.5. The van der Waals surface area contributed by atoms with Crippen LogP contribution in [0.1, 0.15) is 22.3 Å². The maximum atomic E-state index is 6.47. The van der Waals surface area contributed by atoms with E-state index in [-0.39, 0.29) is 0 Å². The SMILES string of the molecule is Nc1ccccc1C1(c2ccccc2)N=C(c2ccccc2)c2ccccc2N1. The lowest BCUT2D eigenvalue weighted by Gasteiger charge is -2.39. The second-order valence-electron chi connectivity index (χ2n) is 7.16. The molecule has 3 N–H and O–H groups in total. The standard InChI is InChI=1S/C26H21N3/c27-23-17-9-8-16-22(23)26(20-13-5-2-6-14-20)28-24-18-10-7-15-21(24)25(29-26)19-11-3-1-4-12-19/h1-18,28H,27H2. The van der Waals surface area contributed by atoms with E-state index in [1.54, 1.807) is 0 Å². The predicted octanol–water partition coefficient (Wildman–Crippen LogP) is 5.43. The smallest absolute Gasteiger partial charge is 0.184 e. The Hall–Kier alpha value is -3.85. The van der Waals surface area contributed by atoms with Crippen molar-refractivity contribution in [3.05, 3.63) is 131 Å². The van der Waals surface area contributed by atoms with Gasteiger partial charge in [0.15, 0.2) is 5.66 Å². The molecule has 0 saturated carbocycles. The number of aliphatic imine (C=N–C) groups is 1. The fourth-order valence-electron chi connectivity index (χ4n) is 3.99. The number of nitrogens with two attached hydrogens (primary N) is 1. The van der Waals surface area contributed by atoms with Gasteiger partial charge in [0.25, 0.3) is 0 Å². The largest absolute Gasteiger partial charge is 0.398 e.